The Bertz CT molecular complexity index is 653. The van der Waals surface area contributed by atoms with Gasteiger partial charge in [-0.1, -0.05) is 0 Å². The molecular formula is C21H30O9. The van der Waals surface area contributed by atoms with Crippen LogP contribution in [0.3, 0.4) is 0 Å². The van der Waals surface area contributed by atoms with Gasteiger partial charge in [0, 0.05) is 11.8 Å². The van der Waals surface area contributed by atoms with E-state index in [1.54, 1.807) is 0 Å². The van der Waals surface area contributed by atoms with Crippen LogP contribution in [0, 0.1) is 23.7 Å². The number of rotatable bonds is 4. The van der Waals surface area contributed by atoms with E-state index in [0.29, 0.717) is 32.3 Å². The van der Waals surface area contributed by atoms with Crippen molar-refractivity contribution in [3.05, 3.63) is 0 Å². The number of carbonyl (C=O) groups is 2. The highest BCUT2D eigenvalue weighted by atomic mass is 16.8. The molecule has 0 spiro atoms. The second kappa shape index (κ2) is 8.35. The lowest BCUT2D eigenvalue weighted by atomic mass is 9.81. The molecule has 3 heterocycles. The average molecular weight is 426 g/mol. The van der Waals surface area contributed by atoms with E-state index in [1.807, 2.05) is 0 Å². The van der Waals surface area contributed by atoms with Crippen molar-refractivity contribution >= 4 is 11.9 Å². The fourth-order valence-electron chi connectivity index (χ4n) is 5.69. The minimum atomic E-state index is -0.719. The Morgan fingerprint density at radius 1 is 0.600 bits per heavy atom. The Morgan fingerprint density at radius 2 is 1.13 bits per heavy atom. The molecule has 3 saturated heterocycles. The molecule has 3 aliphatic heterocycles. The highest BCUT2D eigenvalue weighted by molar-refractivity contribution is 5.70. The molecule has 0 aromatic rings. The van der Waals surface area contributed by atoms with Crippen molar-refractivity contribution in [3.8, 4) is 0 Å². The van der Waals surface area contributed by atoms with Crippen LogP contribution in [0.4, 0.5) is 0 Å². The first-order valence-electron chi connectivity index (χ1n) is 11.2. The Hall–Kier alpha value is -1.26. The standard InChI is InChI=1S/C21H30O9/c22-17(23)10-1-5-12(6-2-10)19-26-9-14-15(28-19)16-21(27-14)30-20(29-16)13-7-3-11(4-8-13)18(24)25/h10-16,19-21H,1-9H2,(H,22,23)(H,24,25). The Kier molecular flexibility index (Phi) is 5.74. The molecule has 0 bridgehead atoms. The van der Waals surface area contributed by atoms with Gasteiger partial charge in [0.1, 0.15) is 18.3 Å². The van der Waals surface area contributed by atoms with Gasteiger partial charge in [0.25, 0.3) is 0 Å². The molecule has 30 heavy (non-hydrogen) atoms. The van der Waals surface area contributed by atoms with Gasteiger partial charge >= 0.3 is 11.9 Å². The number of carboxylic acids is 2. The molecule has 5 aliphatic rings. The molecular weight excluding hydrogens is 396 g/mol. The Balaban J connectivity index is 1.15. The number of aliphatic carboxylic acids is 2. The van der Waals surface area contributed by atoms with E-state index in [1.165, 1.54) is 0 Å². The van der Waals surface area contributed by atoms with Crippen LogP contribution in [-0.2, 0) is 33.3 Å². The smallest absolute Gasteiger partial charge is 0.306 e. The SMILES string of the molecule is O=C(O)C1CCC(C2OCC3OC4OC(C5CCC(C(=O)O)CC5)OC4C3O2)CC1. The first-order chi connectivity index (χ1) is 14.5. The zero-order chi connectivity index (χ0) is 20.8. The molecule has 5 rings (SSSR count). The summed E-state index contributed by atoms with van der Waals surface area (Å²) >= 11 is 0. The summed E-state index contributed by atoms with van der Waals surface area (Å²) in [7, 11) is 0. The molecule has 168 valence electrons. The van der Waals surface area contributed by atoms with Crippen LogP contribution in [0.2, 0.25) is 0 Å². The van der Waals surface area contributed by atoms with Crippen molar-refractivity contribution < 1.29 is 43.5 Å². The highest BCUT2D eigenvalue weighted by Gasteiger charge is 2.57. The van der Waals surface area contributed by atoms with Gasteiger partial charge in [-0.3, -0.25) is 9.59 Å². The average Bonchev–Trinajstić information content (AvgIpc) is 3.31. The van der Waals surface area contributed by atoms with Crippen molar-refractivity contribution in [2.45, 2.75) is 88.5 Å². The van der Waals surface area contributed by atoms with Crippen LogP contribution >= 0.6 is 0 Å². The maximum Gasteiger partial charge on any atom is 0.306 e. The van der Waals surface area contributed by atoms with Crippen LogP contribution in [0.25, 0.3) is 0 Å². The van der Waals surface area contributed by atoms with Crippen molar-refractivity contribution in [1.82, 2.24) is 0 Å². The Labute approximate surface area is 174 Å². The molecule has 0 amide bonds. The summed E-state index contributed by atoms with van der Waals surface area (Å²) < 4.78 is 30.4. The van der Waals surface area contributed by atoms with E-state index >= 15 is 0 Å². The number of fused-ring (bicyclic) bond motifs is 3. The lowest BCUT2D eigenvalue weighted by molar-refractivity contribution is -0.289. The van der Waals surface area contributed by atoms with Gasteiger partial charge < -0.3 is 33.9 Å². The van der Waals surface area contributed by atoms with E-state index in [2.05, 4.69) is 0 Å². The zero-order valence-corrected chi connectivity index (χ0v) is 16.9. The first-order valence-corrected chi connectivity index (χ1v) is 11.2. The minimum Gasteiger partial charge on any atom is -0.481 e. The third-order valence-electron chi connectivity index (χ3n) is 7.55. The van der Waals surface area contributed by atoms with Gasteiger partial charge in [-0.2, -0.15) is 0 Å². The van der Waals surface area contributed by atoms with Gasteiger partial charge in [-0.05, 0) is 51.4 Å². The van der Waals surface area contributed by atoms with E-state index in [9.17, 15) is 19.8 Å². The monoisotopic (exact) mass is 426 g/mol. The predicted molar refractivity (Wildman–Crippen MR) is 99.2 cm³/mol. The normalized spacial score (nSPS) is 48.7. The zero-order valence-electron chi connectivity index (χ0n) is 16.9. The van der Waals surface area contributed by atoms with Gasteiger partial charge in [0.15, 0.2) is 18.9 Å². The number of hydrogen-bond donors (Lipinski definition) is 2. The van der Waals surface area contributed by atoms with Crippen molar-refractivity contribution in [1.29, 1.82) is 0 Å². The number of carboxylic acid groups (broad SMARTS) is 2. The van der Waals surface area contributed by atoms with Gasteiger partial charge in [0.2, 0.25) is 0 Å². The molecule has 2 aliphatic carbocycles. The van der Waals surface area contributed by atoms with Crippen LogP contribution < -0.4 is 0 Å². The van der Waals surface area contributed by atoms with Gasteiger partial charge in [0.05, 0.1) is 18.4 Å². The van der Waals surface area contributed by atoms with E-state index in [0.717, 1.165) is 25.7 Å². The van der Waals surface area contributed by atoms with Crippen molar-refractivity contribution in [3.63, 3.8) is 0 Å². The predicted octanol–water partition coefficient (Wildman–Crippen LogP) is 1.98. The maximum atomic E-state index is 11.2. The molecule has 0 aromatic heterocycles. The van der Waals surface area contributed by atoms with E-state index in [-0.39, 0.29) is 54.6 Å². The topological polar surface area (TPSA) is 121 Å². The molecule has 5 fully saturated rings. The molecule has 6 atom stereocenters. The van der Waals surface area contributed by atoms with Crippen LogP contribution in [-0.4, -0.2) is 65.9 Å². The molecule has 0 aromatic carbocycles. The minimum absolute atomic E-state index is 0.176. The van der Waals surface area contributed by atoms with Gasteiger partial charge in [-0.25, -0.2) is 0 Å². The second-order valence-electron chi connectivity index (χ2n) is 9.35. The summed E-state index contributed by atoms with van der Waals surface area (Å²) in [6.45, 7) is 0.419. The van der Waals surface area contributed by atoms with E-state index in [4.69, 9.17) is 23.7 Å². The third kappa shape index (κ3) is 3.86. The second-order valence-corrected chi connectivity index (χ2v) is 9.35. The molecule has 9 heteroatoms. The third-order valence-corrected chi connectivity index (χ3v) is 7.55. The Morgan fingerprint density at radius 3 is 1.70 bits per heavy atom. The first kappa shape index (κ1) is 20.6. The molecule has 0 radical (unpaired) electrons. The lowest BCUT2D eigenvalue weighted by Crippen LogP contribution is -2.49. The van der Waals surface area contributed by atoms with Gasteiger partial charge in [-0.15, -0.1) is 0 Å². The summed E-state index contributed by atoms with van der Waals surface area (Å²) in [5.41, 5.74) is 0. The summed E-state index contributed by atoms with van der Waals surface area (Å²) in [6, 6.07) is 0. The lowest BCUT2D eigenvalue weighted by Gasteiger charge is -2.39. The maximum absolute atomic E-state index is 11.2. The molecule has 2 saturated carbocycles. The van der Waals surface area contributed by atoms with E-state index < -0.39 is 18.2 Å². The van der Waals surface area contributed by atoms with Crippen LogP contribution in [0.15, 0.2) is 0 Å². The fourth-order valence-corrected chi connectivity index (χ4v) is 5.69. The quantitative estimate of drug-likeness (QED) is 0.695. The number of hydrogen-bond acceptors (Lipinski definition) is 7. The molecule has 6 unspecified atom stereocenters. The summed E-state index contributed by atoms with van der Waals surface area (Å²) in [5.74, 6) is -1.60. The van der Waals surface area contributed by atoms with Crippen molar-refractivity contribution in [2.75, 3.05) is 6.61 Å². The molecule has 9 nitrogen and oxygen atoms in total. The number of ether oxygens (including phenoxy) is 5. The molecule has 2 N–H and O–H groups in total. The van der Waals surface area contributed by atoms with Crippen LogP contribution in [0.5, 0.6) is 0 Å². The largest absolute Gasteiger partial charge is 0.481 e. The summed E-state index contributed by atoms with van der Waals surface area (Å²) in [4.78, 5) is 22.4. The van der Waals surface area contributed by atoms with Crippen LogP contribution in [0.1, 0.15) is 51.4 Å². The fraction of sp³-hybridized carbons (Fsp3) is 0.905. The van der Waals surface area contributed by atoms with Crippen molar-refractivity contribution in [2.24, 2.45) is 23.7 Å². The summed E-state index contributed by atoms with van der Waals surface area (Å²) in [5, 5.41) is 18.4. The summed E-state index contributed by atoms with van der Waals surface area (Å²) in [6.07, 6.45) is 3.69. The highest BCUT2D eigenvalue weighted by Crippen LogP contribution is 2.44.